The molecule has 0 radical (unpaired) electrons. The van der Waals surface area contributed by atoms with Gasteiger partial charge in [-0.05, 0) is 24.1 Å². The van der Waals surface area contributed by atoms with Crippen LogP contribution in [-0.2, 0) is 16.8 Å². The van der Waals surface area contributed by atoms with E-state index in [1.807, 2.05) is 11.8 Å². The Bertz CT molecular complexity index is 464. The fraction of sp³-hybridized carbons (Fsp3) is 0.571. The van der Waals surface area contributed by atoms with Crippen LogP contribution in [0.2, 0.25) is 0 Å². The molecule has 1 unspecified atom stereocenters. The number of alkyl halides is 4. The zero-order valence-electron chi connectivity index (χ0n) is 11.2. The Hall–Kier alpha value is -0.940. The molecule has 20 heavy (non-hydrogen) atoms. The molecule has 0 aromatic heterocycles. The van der Waals surface area contributed by atoms with Gasteiger partial charge < -0.3 is 9.64 Å². The lowest BCUT2D eigenvalue weighted by molar-refractivity contribution is -0.138. The van der Waals surface area contributed by atoms with Crippen LogP contribution in [-0.4, -0.2) is 25.8 Å². The molecule has 0 N–H and O–H groups in total. The number of benzene rings is 1. The van der Waals surface area contributed by atoms with Gasteiger partial charge in [0.25, 0.3) is 0 Å². The third-order valence-electron chi connectivity index (χ3n) is 3.50. The number of anilines is 1. The van der Waals surface area contributed by atoms with E-state index in [1.54, 1.807) is 6.07 Å². The van der Waals surface area contributed by atoms with Crippen molar-refractivity contribution in [1.29, 1.82) is 0 Å². The van der Waals surface area contributed by atoms with E-state index in [-0.39, 0.29) is 17.5 Å². The molecule has 0 amide bonds. The van der Waals surface area contributed by atoms with Crippen LogP contribution in [0.4, 0.5) is 18.9 Å². The Kier molecular flexibility index (Phi) is 4.81. The molecule has 2 nitrogen and oxygen atoms in total. The van der Waals surface area contributed by atoms with Gasteiger partial charge in [-0.1, -0.05) is 13.0 Å². The van der Waals surface area contributed by atoms with E-state index in [1.165, 1.54) is 12.1 Å². The topological polar surface area (TPSA) is 12.5 Å². The van der Waals surface area contributed by atoms with Gasteiger partial charge in [-0.25, -0.2) is 0 Å². The predicted octanol–water partition coefficient (Wildman–Crippen LogP) is 4.06. The Morgan fingerprint density at radius 2 is 2.15 bits per heavy atom. The number of ether oxygens (including phenoxy) is 1. The van der Waals surface area contributed by atoms with Gasteiger partial charge in [0.15, 0.2) is 0 Å². The van der Waals surface area contributed by atoms with Gasteiger partial charge in [0.1, 0.15) is 0 Å². The second-order valence-electron chi connectivity index (χ2n) is 4.82. The van der Waals surface area contributed by atoms with Crippen LogP contribution >= 0.6 is 11.6 Å². The summed E-state index contributed by atoms with van der Waals surface area (Å²) >= 11 is 5.59. The van der Waals surface area contributed by atoms with E-state index in [0.29, 0.717) is 25.4 Å². The first-order valence-corrected chi connectivity index (χ1v) is 7.11. The van der Waals surface area contributed by atoms with E-state index in [4.69, 9.17) is 16.3 Å². The SMILES string of the molecule is CCC1CN(c2ccc(CCl)c(C(F)(F)F)c2)CCO1. The minimum absolute atomic E-state index is 0.0748. The van der Waals surface area contributed by atoms with Gasteiger partial charge in [0, 0.05) is 24.7 Å². The maximum Gasteiger partial charge on any atom is 0.416 e. The lowest BCUT2D eigenvalue weighted by atomic mass is 10.1. The zero-order valence-corrected chi connectivity index (χ0v) is 12.0. The molecule has 112 valence electrons. The van der Waals surface area contributed by atoms with Crippen molar-refractivity contribution in [3.63, 3.8) is 0 Å². The van der Waals surface area contributed by atoms with Gasteiger partial charge >= 0.3 is 6.18 Å². The highest BCUT2D eigenvalue weighted by Gasteiger charge is 2.34. The molecule has 1 atom stereocenters. The Labute approximate surface area is 121 Å². The fourth-order valence-corrected chi connectivity index (χ4v) is 2.58. The molecule has 1 saturated heterocycles. The third-order valence-corrected chi connectivity index (χ3v) is 3.79. The monoisotopic (exact) mass is 307 g/mol. The summed E-state index contributed by atoms with van der Waals surface area (Å²) in [7, 11) is 0. The molecule has 0 aliphatic carbocycles. The zero-order chi connectivity index (χ0) is 14.8. The third kappa shape index (κ3) is 3.38. The molecule has 2 rings (SSSR count). The summed E-state index contributed by atoms with van der Waals surface area (Å²) in [6.45, 7) is 3.77. The normalized spacial score (nSPS) is 20.2. The summed E-state index contributed by atoms with van der Waals surface area (Å²) in [5, 5.41) is 0. The molecule has 1 fully saturated rings. The number of halogens is 4. The van der Waals surface area contributed by atoms with Crippen molar-refractivity contribution < 1.29 is 17.9 Å². The molecule has 1 aliphatic heterocycles. The smallest absolute Gasteiger partial charge is 0.375 e. The molecule has 1 heterocycles. The summed E-state index contributed by atoms with van der Waals surface area (Å²) in [4.78, 5) is 1.94. The number of morpholine rings is 1. The van der Waals surface area contributed by atoms with Gasteiger partial charge in [-0.15, -0.1) is 11.6 Å². The van der Waals surface area contributed by atoms with Crippen LogP contribution in [0, 0.1) is 0 Å². The van der Waals surface area contributed by atoms with Crippen LogP contribution in [0.5, 0.6) is 0 Å². The molecule has 0 saturated carbocycles. The average Bonchev–Trinajstić information content (AvgIpc) is 2.45. The second-order valence-corrected chi connectivity index (χ2v) is 5.09. The van der Waals surface area contributed by atoms with Crippen molar-refractivity contribution in [1.82, 2.24) is 0 Å². The summed E-state index contributed by atoms with van der Waals surface area (Å²) in [5.74, 6) is -0.143. The van der Waals surface area contributed by atoms with Crippen molar-refractivity contribution in [3.8, 4) is 0 Å². The highest BCUT2D eigenvalue weighted by molar-refractivity contribution is 6.17. The molecule has 1 aromatic carbocycles. The predicted molar refractivity (Wildman–Crippen MR) is 73.2 cm³/mol. The van der Waals surface area contributed by atoms with Crippen LogP contribution in [0.25, 0.3) is 0 Å². The van der Waals surface area contributed by atoms with E-state index in [0.717, 1.165) is 6.42 Å². The van der Waals surface area contributed by atoms with Crippen molar-refractivity contribution in [2.75, 3.05) is 24.6 Å². The fourth-order valence-electron chi connectivity index (χ4n) is 2.34. The number of nitrogens with zero attached hydrogens (tertiary/aromatic N) is 1. The van der Waals surface area contributed by atoms with Gasteiger partial charge in [-0.3, -0.25) is 0 Å². The van der Waals surface area contributed by atoms with E-state index in [9.17, 15) is 13.2 Å². The number of hydrogen-bond donors (Lipinski definition) is 0. The maximum atomic E-state index is 13.0. The summed E-state index contributed by atoms with van der Waals surface area (Å²) < 4.78 is 44.6. The van der Waals surface area contributed by atoms with Crippen molar-refractivity contribution in [3.05, 3.63) is 29.3 Å². The largest absolute Gasteiger partial charge is 0.416 e. The first-order chi connectivity index (χ1) is 9.45. The lowest BCUT2D eigenvalue weighted by Gasteiger charge is -2.34. The molecular formula is C14H17ClF3NO. The quantitative estimate of drug-likeness (QED) is 0.781. The van der Waals surface area contributed by atoms with Gasteiger partial charge in [-0.2, -0.15) is 13.2 Å². The first kappa shape index (κ1) is 15.4. The van der Waals surface area contributed by atoms with Crippen LogP contribution in [0.15, 0.2) is 18.2 Å². The molecule has 0 bridgehead atoms. The van der Waals surface area contributed by atoms with E-state index in [2.05, 4.69) is 0 Å². The van der Waals surface area contributed by atoms with Crippen molar-refractivity contribution >= 4 is 17.3 Å². The average molecular weight is 308 g/mol. The van der Waals surface area contributed by atoms with E-state index < -0.39 is 11.7 Å². The number of hydrogen-bond acceptors (Lipinski definition) is 2. The highest BCUT2D eigenvalue weighted by Crippen LogP contribution is 2.35. The Morgan fingerprint density at radius 1 is 1.40 bits per heavy atom. The molecule has 1 aromatic rings. The molecule has 1 aliphatic rings. The Balaban J connectivity index is 2.29. The lowest BCUT2D eigenvalue weighted by Crippen LogP contribution is -2.42. The van der Waals surface area contributed by atoms with Crippen molar-refractivity contribution in [2.45, 2.75) is 31.5 Å². The minimum atomic E-state index is -4.38. The summed E-state index contributed by atoms with van der Waals surface area (Å²) in [5.41, 5.74) is 0.0423. The highest BCUT2D eigenvalue weighted by atomic mass is 35.5. The van der Waals surface area contributed by atoms with Crippen LogP contribution < -0.4 is 4.90 Å². The maximum absolute atomic E-state index is 13.0. The van der Waals surface area contributed by atoms with Crippen molar-refractivity contribution in [2.24, 2.45) is 0 Å². The molecular weight excluding hydrogens is 291 g/mol. The standard InChI is InChI=1S/C14H17ClF3NO/c1-2-12-9-19(5-6-20-12)11-4-3-10(8-15)13(7-11)14(16,17)18/h3-4,7,12H,2,5-6,8-9H2,1H3. The Morgan fingerprint density at radius 3 is 2.75 bits per heavy atom. The van der Waals surface area contributed by atoms with Crippen LogP contribution in [0.1, 0.15) is 24.5 Å². The molecule has 0 spiro atoms. The first-order valence-electron chi connectivity index (χ1n) is 6.58. The summed E-state index contributed by atoms with van der Waals surface area (Å²) in [6, 6.07) is 4.35. The van der Waals surface area contributed by atoms with Gasteiger partial charge in [0.05, 0.1) is 18.3 Å². The van der Waals surface area contributed by atoms with E-state index >= 15 is 0 Å². The second kappa shape index (κ2) is 6.22. The minimum Gasteiger partial charge on any atom is -0.375 e. The van der Waals surface area contributed by atoms with Gasteiger partial charge in [0.2, 0.25) is 0 Å². The number of rotatable bonds is 3. The molecule has 6 heteroatoms. The van der Waals surface area contributed by atoms with Crippen LogP contribution in [0.3, 0.4) is 0 Å². The summed E-state index contributed by atoms with van der Waals surface area (Å²) in [6.07, 6.45) is -3.45.